The second-order valence-electron chi connectivity index (χ2n) is 4.48. The van der Waals surface area contributed by atoms with Gasteiger partial charge in [0.25, 0.3) is 0 Å². The molecule has 1 N–H and O–H groups in total. The number of aliphatic hydroxyl groups excluding tert-OH is 1. The molecule has 6 heteroatoms. The fourth-order valence-corrected chi connectivity index (χ4v) is 2.38. The van der Waals surface area contributed by atoms with Crippen LogP contribution in [-0.2, 0) is 16.6 Å². The smallest absolute Gasteiger partial charge is 0.213 e. The highest BCUT2D eigenvalue weighted by Gasteiger charge is 2.12. The van der Waals surface area contributed by atoms with Gasteiger partial charge in [-0.25, -0.2) is 12.7 Å². The molecule has 0 bridgehead atoms. The van der Waals surface area contributed by atoms with E-state index in [1.807, 2.05) is 6.92 Å². The van der Waals surface area contributed by atoms with Gasteiger partial charge in [-0.2, -0.15) is 0 Å². The van der Waals surface area contributed by atoms with Gasteiger partial charge in [0.15, 0.2) is 0 Å². The summed E-state index contributed by atoms with van der Waals surface area (Å²) in [6.45, 7) is 2.09. The molecule has 0 atom stereocenters. The Balaban J connectivity index is 2.48. The van der Waals surface area contributed by atoms with E-state index < -0.39 is 10.0 Å². The van der Waals surface area contributed by atoms with Crippen LogP contribution in [0.2, 0.25) is 0 Å². The SMILES string of the molecule is Cc1[c]c(CO)cc(OCCCS(=O)(=O)N(C)C)c1. The van der Waals surface area contributed by atoms with Crippen LogP contribution >= 0.6 is 0 Å². The Bertz CT molecular complexity index is 511. The third kappa shape index (κ3) is 5.18. The third-order valence-electron chi connectivity index (χ3n) is 2.58. The fraction of sp³-hybridized carbons (Fsp3) is 0.538. The lowest BCUT2D eigenvalue weighted by atomic mass is 10.1. The molecule has 0 saturated carbocycles. The van der Waals surface area contributed by atoms with Gasteiger partial charge in [0.05, 0.1) is 19.0 Å². The van der Waals surface area contributed by atoms with Crippen molar-refractivity contribution in [2.45, 2.75) is 20.0 Å². The summed E-state index contributed by atoms with van der Waals surface area (Å²) in [4.78, 5) is 0. The molecule has 0 saturated heterocycles. The first-order valence-electron chi connectivity index (χ1n) is 6.02. The molecule has 1 radical (unpaired) electrons. The Kier molecular flexibility index (Phi) is 5.78. The van der Waals surface area contributed by atoms with Gasteiger partial charge in [0.2, 0.25) is 10.0 Å². The molecule has 0 aliphatic carbocycles. The summed E-state index contributed by atoms with van der Waals surface area (Å²) in [5, 5.41) is 9.05. The van der Waals surface area contributed by atoms with E-state index in [2.05, 4.69) is 6.07 Å². The molecule has 0 unspecified atom stereocenters. The lowest BCUT2D eigenvalue weighted by Crippen LogP contribution is -2.25. The van der Waals surface area contributed by atoms with E-state index in [1.165, 1.54) is 18.4 Å². The Morgan fingerprint density at radius 2 is 2.05 bits per heavy atom. The minimum absolute atomic E-state index is 0.0603. The monoisotopic (exact) mass is 286 g/mol. The third-order valence-corrected chi connectivity index (χ3v) is 4.49. The average Bonchev–Trinajstić information content (AvgIpc) is 2.33. The first kappa shape index (κ1) is 15.9. The Morgan fingerprint density at radius 1 is 1.37 bits per heavy atom. The molecule has 0 aliphatic rings. The topological polar surface area (TPSA) is 66.8 Å². The summed E-state index contributed by atoms with van der Waals surface area (Å²) in [6.07, 6.45) is 0.423. The number of sulfonamides is 1. The number of benzene rings is 1. The van der Waals surface area contributed by atoms with Gasteiger partial charge in [0.1, 0.15) is 5.75 Å². The zero-order chi connectivity index (χ0) is 14.5. The maximum Gasteiger partial charge on any atom is 0.213 e. The van der Waals surface area contributed by atoms with E-state index >= 15 is 0 Å². The summed E-state index contributed by atoms with van der Waals surface area (Å²) in [5.41, 5.74) is 1.54. The van der Waals surface area contributed by atoms with E-state index in [4.69, 9.17) is 9.84 Å². The van der Waals surface area contributed by atoms with Gasteiger partial charge < -0.3 is 9.84 Å². The van der Waals surface area contributed by atoms with Gasteiger partial charge in [-0.15, -0.1) is 0 Å². The molecular formula is C13H20NO4S. The second-order valence-corrected chi connectivity index (χ2v) is 6.79. The minimum Gasteiger partial charge on any atom is -0.494 e. The Morgan fingerprint density at radius 3 is 2.63 bits per heavy atom. The van der Waals surface area contributed by atoms with Crippen LogP contribution in [0, 0.1) is 13.0 Å². The van der Waals surface area contributed by atoms with Gasteiger partial charge in [-0.3, -0.25) is 0 Å². The highest BCUT2D eigenvalue weighted by molar-refractivity contribution is 7.89. The fourth-order valence-electron chi connectivity index (χ4n) is 1.53. The molecule has 1 rings (SSSR count). The van der Waals surface area contributed by atoms with Crippen molar-refractivity contribution in [2.24, 2.45) is 0 Å². The van der Waals surface area contributed by atoms with Crippen molar-refractivity contribution in [3.05, 3.63) is 29.3 Å². The van der Waals surface area contributed by atoms with E-state index in [0.29, 0.717) is 24.3 Å². The van der Waals surface area contributed by atoms with E-state index in [0.717, 1.165) is 5.56 Å². The maximum absolute atomic E-state index is 11.5. The number of aryl methyl sites for hydroxylation is 1. The van der Waals surface area contributed by atoms with Crippen LogP contribution in [-0.4, -0.2) is 44.3 Å². The summed E-state index contributed by atoms with van der Waals surface area (Å²) >= 11 is 0. The molecule has 0 amide bonds. The van der Waals surface area contributed by atoms with Crippen molar-refractivity contribution in [1.29, 1.82) is 0 Å². The molecule has 0 aromatic heterocycles. The molecular weight excluding hydrogens is 266 g/mol. The van der Waals surface area contributed by atoms with Crippen LogP contribution in [0.3, 0.4) is 0 Å². The highest BCUT2D eigenvalue weighted by atomic mass is 32.2. The van der Waals surface area contributed by atoms with E-state index in [1.54, 1.807) is 12.1 Å². The standard InChI is InChI=1S/C13H20NO4S/c1-11-7-12(10-15)9-13(8-11)18-5-4-6-19(16,17)14(2)3/h8-9,15H,4-6,10H2,1-3H3. The van der Waals surface area contributed by atoms with Crippen molar-refractivity contribution in [3.8, 4) is 5.75 Å². The van der Waals surface area contributed by atoms with Gasteiger partial charge in [0, 0.05) is 14.1 Å². The van der Waals surface area contributed by atoms with Crippen molar-refractivity contribution < 1.29 is 18.3 Å². The lowest BCUT2D eigenvalue weighted by Gasteiger charge is -2.12. The summed E-state index contributed by atoms with van der Waals surface area (Å²) < 4.78 is 29.8. The van der Waals surface area contributed by atoms with Crippen molar-refractivity contribution in [3.63, 3.8) is 0 Å². The number of rotatable bonds is 7. The van der Waals surface area contributed by atoms with Gasteiger partial charge in [-0.05, 0) is 42.7 Å². The minimum atomic E-state index is -3.17. The molecule has 1 aromatic carbocycles. The molecule has 0 heterocycles. The van der Waals surface area contributed by atoms with Crippen LogP contribution in [0.25, 0.3) is 0 Å². The Labute approximate surface area is 114 Å². The second kappa shape index (κ2) is 6.88. The van der Waals surface area contributed by atoms with Crippen LogP contribution < -0.4 is 4.74 Å². The number of nitrogens with zero attached hydrogens (tertiary/aromatic N) is 1. The van der Waals surface area contributed by atoms with E-state index in [-0.39, 0.29) is 12.4 Å². The largest absolute Gasteiger partial charge is 0.494 e. The predicted octanol–water partition coefficient (Wildman–Crippen LogP) is 0.948. The average molecular weight is 286 g/mol. The zero-order valence-corrected chi connectivity index (χ0v) is 12.3. The van der Waals surface area contributed by atoms with Crippen molar-refractivity contribution in [2.75, 3.05) is 26.5 Å². The van der Waals surface area contributed by atoms with E-state index in [9.17, 15) is 8.42 Å². The first-order valence-corrected chi connectivity index (χ1v) is 7.63. The molecule has 107 valence electrons. The predicted molar refractivity (Wildman–Crippen MR) is 73.5 cm³/mol. The molecule has 0 spiro atoms. The first-order chi connectivity index (χ1) is 8.85. The molecule has 1 aromatic rings. The summed E-state index contributed by atoms with van der Waals surface area (Å²) in [6, 6.07) is 6.50. The number of aliphatic hydroxyl groups is 1. The Hall–Kier alpha value is -1.11. The lowest BCUT2D eigenvalue weighted by molar-refractivity contribution is 0.278. The normalized spacial score (nSPS) is 11.8. The van der Waals surface area contributed by atoms with Crippen LogP contribution in [0.1, 0.15) is 17.5 Å². The van der Waals surface area contributed by atoms with Gasteiger partial charge >= 0.3 is 0 Å². The molecule has 0 fully saturated rings. The summed E-state index contributed by atoms with van der Waals surface area (Å²) in [7, 11) is -0.138. The van der Waals surface area contributed by atoms with Crippen molar-refractivity contribution >= 4 is 10.0 Å². The number of ether oxygens (including phenoxy) is 1. The van der Waals surface area contributed by atoms with Crippen LogP contribution in [0.4, 0.5) is 0 Å². The molecule has 0 aliphatic heterocycles. The summed E-state index contributed by atoms with van der Waals surface area (Å²) in [5.74, 6) is 0.688. The maximum atomic E-state index is 11.5. The van der Waals surface area contributed by atoms with Crippen LogP contribution in [0.5, 0.6) is 5.75 Å². The molecule has 5 nitrogen and oxygen atoms in total. The van der Waals surface area contributed by atoms with Gasteiger partial charge in [-0.1, -0.05) is 0 Å². The van der Waals surface area contributed by atoms with Crippen LogP contribution in [0.15, 0.2) is 12.1 Å². The molecule has 19 heavy (non-hydrogen) atoms. The quantitative estimate of drug-likeness (QED) is 0.758. The zero-order valence-electron chi connectivity index (χ0n) is 11.5. The number of hydrogen-bond donors (Lipinski definition) is 1. The highest BCUT2D eigenvalue weighted by Crippen LogP contribution is 2.16. The van der Waals surface area contributed by atoms with Crippen molar-refractivity contribution in [1.82, 2.24) is 4.31 Å². The number of hydrogen-bond acceptors (Lipinski definition) is 4.